The Hall–Kier alpha value is -0.580. The molecule has 4 heteroatoms. The van der Waals surface area contributed by atoms with Gasteiger partial charge in [0.25, 0.3) is 0 Å². The van der Waals surface area contributed by atoms with Gasteiger partial charge in [-0.2, -0.15) is 0 Å². The number of pyridine rings is 1. The SMILES string of the molecule is COCCSc1ncccc1[C@@H](C)N. The minimum Gasteiger partial charge on any atom is -0.384 e. The van der Waals surface area contributed by atoms with E-state index in [1.165, 1.54) is 0 Å². The summed E-state index contributed by atoms with van der Waals surface area (Å²) in [6.07, 6.45) is 1.79. The number of ether oxygens (including phenoxy) is 1. The van der Waals surface area contributed by atoms with Crippen LogP contribution in [-0.2, 0) is 4.74 Å². The third-order valence-electron chi connectivity index (χ3n) is 1.82. The molecule has 0 bridgehead atoms. The van der Waals surface area contributed by atoms with E-state index < -0.39 is 0 Å². The van der Waals surface area contributed by atoms with Crippen molar-refractivity contribution in [2.45, 2.75) is 18.0 Å². The van der Waals surface area contributed by atoms with Gasteiger partial charge in [-0.05, 0) is 13.0 Å². The largest absolute Gasteiger partial charge is 0.384 e. The molecule has 78 valence electrons. The van der Waals surface area contributed by atoms with Gasteiger partial charge in [-0.3, -0.25) is 0 Å². The van der Waals surface area contributed by atoms with Gasteiger partial charge in [0, 0.05) is 30.7 Å². The van der Waals surface area contributed by atoms with Crippen LogP contribution >= 0.6 is 11.8 Å². The van der Waals surface area contributed by atoms with Gasteiger partial charge in [0.2, 0.25) is 0 Å². The summed E-state index contributed by atoms with van der Waals surface area (Å²) in [5.74, 6) is 0.910. The normalized spacial score (nSPS) is 12.8. The average Bonchev–Trinajstić information content (AvgIpc) is 2.19. The zero-order valence-electron chi connectivity index (χ0n) is 8.56. The van der Waals surface area contributed by atoms with E-state index in [4.69, 9.17) is 10.5 Å². The van der Waals surface area contributed by atoms with E-state index in [0.717, 1.165) is 22.9 Å². The van der Waals surface area contributed by atoms with Crippen LogP contribution in [0.1, 0.15) is 18.5 Å². The van der Waals surface area contributed by atoms with Crippen LogP contribution in [0.4, 0.5) is 0 Å². The number of hydrogen-bond acceptors (Lipinski definition) is 4. The molecule has 0 saturated carbocycles. The first kappa shape index (κ1) is 11.5. The number of rotatable bonds is 5. The fraction of sp³-hybridized carbons (Fsp3) is 0.500. The third-order valence-corrected chi connectivity index (χ3v) is 2.80. The van der Waals surface area contributed by atoms with E-state index in [-0.39, 0.29) is 6.04 Å². The lowest BCUT2D eigenvalue weighted by Crippen LogP contribution is -2.07. The number of thioether (sulfide) groups is 1. The molecule has 0 aliphatic rings. The van der Waals surface area contributed by atoms with Gasteiger partial charge in [-0.1, -0.05) is 6.07 Å². The average molecular weight is 212 g/mol. The summed E-state index contributed by atoms with van der Waals surface area (Å²) in [6, 6.07) is 3.97. The van der Waals surface area contributed by atoms with Crippen molar-refractivity contribution in [3.8, 4) is 0 Å². The lowest BCUT2D eigenvalue weighted by atomic mass is 10.2. The predicted octanol–water partition coefficient (Wildman–Crippen LogP) is 1.84. The highest BCUT2D eigenvalue weighted by Gasteiger charge is 2.07. The Bertz CT molecular complexity index is 279. The smallest absolute Gasteiger partial charge is 0.101 e. The van der Waals surface area contributed by atoms with E-state index >= 15 is 0 Å². The summed E-state index contributed by atoms with van der Waals surface area (Å²) in [5, 5.41) is 1.01. The Morgan fingerprint density at radius 1 is 1.64 bits per heavy atom. The molecular weight excluding hydrogens is 196 g/mol. The maximum absolute atomic E-state index is 5.83. The molecule has 1 rings (SSSR count). The summed E-state index contributed by atoms with van der Waals surface area (Å²) in [7, 11) is 1.70. The Morgan fingerprint density at radius 3 is 3.07 bits per heavy atom. The number of hydrogen-bond donors (Lipinski definition) is 1. The van der Waals surface area contributed by atoms with E-state index in [1.54, 1.807) is 25.1 Å². The quantitative estimate of drug-likeness (QED) is 0.597. The topological polar surface area (TPSA) is 48.1 Å². The first-order chi connectivity index (χ1) is 6.75. The summed E-state index contributed by atoms with van der Waals surface area (Å²) in [5.41, 5.74) is 6.94. The molecule has 0 radical (unpaired) electrons. The van der Waals surface area contributed by atoms with Gasteiger partial charge >= 0.3 is 0 Å². The van der Waals surface area contributed by atoms with Crippen LogP contribution in [0.15, 0.2) is 23.4 Å². The maximum Gasteiger partial charge on any atom is 0.101 e. The van der Waals surface area contributed by atoms with Gasteiger partial charge in [0.05, 0.1) is 6.61 Å². The molecule has 0 amide bonds. The van der Waals surface area contributed by atoms with E-state index in [2.05, 4.69) is 4.98 Å². The van der Waals surface area contributed by atoms with Gasteiger partial charge in [0.15, 0.2) is 0 Å². The van der Waals surface area contributed by atoms with Gasteiger partial charge in [-0.25, -0.2) is 4.98 Å². The second-order valence-electron chi connectivity index (χ2n) is 3.03. The molecular formula is C10H16N2OS. The van der Waals surface area contributed by atoms with Crippen molar-refractivity contribution in [3.63, 3.8) is 0 Å². The molecule has 2 N–H and O–H groups in total. The lowest BCUT2D eigenvalue weighted by Gasteiger charge is -2.10. The second-order valence-corrected chi connectivity index (χ2v) is 4.11. The Balaban J connectivity index is 2.64. The standard InChI is InChI=1S/C10H16N2OS/c1-8(11)9-4-3-5-12-10(9)14-7-6-13-2/h3-5,8H,6-7,11H2,1-2H3/t8-/m1/s1. The molecule has 1 aromatic rings. The first-order valence-electron chi connectivity index (χ1n) is 4.58. The van der Waals surface area contributed by atoms with Gasteiger partial charge < -0.3 is 10.5 Å². The highest BCUT2D eigenvalue weighted by atomic mass is 32.2. The molecule has 1 aromatic heterocycles. The molecule has 0 saturated heterocycles. The van der Waals surface area contributed by atoms with Crippen molar-refractivity contribution in [1.29, 1.82) is 0 Å². The molecule has 0 unspecified atom stereocenters. The molecule has 0 fully saturated rings. The zero-order chi connectivity index (χ0) is 10.4. The monoisotopic (exact) mass is 212 g/mol. The number of nitrogens with two attached hydrogens (primary N) is 1. The molecule has 1 heterocycles. The van der Waals surface area contributed by atoms with Gasteiger partial charge in [0.1, 0.15) is 5.03 Å². The van der Waals surface area contributed by atoms with Crippen LogP contribution in [0.25, 0.3) is 0 Å². The van der Waals surface area contributed by atoms with Crippen molar-refractivity contribution in [3.05, 3.63) is 23.9 Å². The van der Waals surface area contributed by atoms with Crippen LogP contribution in [0.3, 0.4) is 0 Å². The Kier molecular flexibility index (Phi) is 4.93. The predicted molar refractivity (Wildman–Crippen MR) is 59.4 cm³/mol. The minimum absolute atomic E-state index is 0.0359. The third kappa shape index (κ3) is 3.29. The molecule has 0 aliphatic carbocycles. The fourth-order valence-electron chi connectivity index (χ4n) is 1.09. The molecule has 0 aromatic carbocycles. The highest BCUT2D eigenvalue weighted by Crippen LogP contribution is 2.23. The minimum atomic E-state index is 0.0359. The number of aromatic nitrogens is 1. The van der Waals surface area contributed by atoms with Crippen LogP contribution in [-0.4, -0.2) is 24.5 Å². The zero-order valence-corrected chi connectivity index (χ0v) is 9.38. The Labute approximate surface area is 89.1 Å². The fourth-order valence-corrected chi connectivity index (χ4v) is 2.09. The molecule has 0 spiro atoms. The molecule has 1 atom stereocenters. The summed E-state index contributed by atoms with van der Waals surface area (Å²) < 4.78 is 4.98. The lowest BCUT2D eigenvalue weighted by molar-refractivity contribution is 0.218. The Morgan fingerprint density at radius 2 is 2.43 bits per heavy atom. The van der Waals surface area contributed by atoms with Crippen molar-refractivity contribution in [2.24, 2.45) is 5.73 Å². The summed E-state index contributed by atoms with van der Waals surface area (Å²) >= 11 is 1.68. The van der Waals surface area contributed by atoms with Crippen LogP contribution in [0.2, 0.25) is 0 Å². The van der Waals surface area contributed by atoms with Crippen molar-refractivity contribution < 1.29 is 4.74 Å². The van der Waals surface area contributed by atoms with Crippen LogP contribution in [0.5, 0.6) is 0 Å². The van der Waals surface area contributed by atoms with Gasteiger partial charge in [-0.15, -0.1) is 11.8 Å². The van der Waals surface area contributed by atoms with Crippen molar-refractivity contribution in [2.75, 3.05) is 19.5 Å². The number of nitrogens with zero attached hydrogens (tertiary/aromatic N) is 1. The molecule has 0 aliphatic heterocycles. The molecule has 3 nitrogen and oxygen atoms in total. The van der Waals surface area contributed by atoms with E-state index in [0.29, 0.717) is 0 Å². The van der Waals surface area contributed by atoms with Crippen LogP contribution in [0, 0.1) is 0 Å². The van der Waals surface area contributed by atoms with Crippen molar-refractivity contribution >= 4 is 11.8 Å². The highest BCUT2D eigenvalue weighted by molar-refractivity contribution is 7.99. The van der Waals surface area contributed by atoms with E-state index in [1.807, 2.05) is 19.1 Å². The second kappa shape index (κ2) is 6.01. The first-order valence-corrected chi connectivity index (χ1v) is 5.56. The summed E-state index contributed by atoms with van der Waals surface area (Å²) in [6.45, 7) is 2.71. The molecule has 14 heavy (non-hydrogen) atoms. The number of methoxy groups -OCH3 is 1. The summed E-state index contributed by atoms with van der Waals surface area (Å²) in [4.78, 5) is 4.30. The van der Waals surface area contributed by atoms with E-state index in [9.17, 15) is 0 Å². The maximum atomic E-state index is 5.83. The van der Waals surface area contributed by atoms with Crippen LogP contribution < -0.4 is 5.73 Å². The van der Waals surface area contributed by atoms with Crippen molar-refractivity contribution in [1.82, 2.24) is 4.98 Å².